The van der Waals surface area contributed by atoms with Gasteiger partial charge in [0, 0.05) is 29.4 Å². The van der Waals surface area contributed by atoms with E-state index in [2.05, 4.69) is 22.2 Å². The maximum absolute atomic E-state index is 12.7. The molecule has 18 heavy (non-hydrogen) atoms. The summed E-state index contributed by atoms with van der Waals surface area (Å²) in [5.74, 6) is -0.235. The molecule has 94 valence electrons. The van der Waals surface area contributed by atoms with Gasteiger partial charge in [0.2, 0.25) is 0 Å². The number of nitrogens with one attached hydrogen (secondary N) is 1. The van der Waals surface area contributed by atoms with Crippen LogP contribution in [0.1, 0.15) is 12.5 Å². The van der Waals surface area contributed by atoms with Gasteiger partial charge in [0.15, 0.2) is 5.16 Å². The third-order valence-corrected chi connectivity index (χ3v) is 3.18. The number of rotatable bonds is 5. The van der Waals surface area contributed by atoms with E-state index in [0.29, 0.717) is 5.16 Å². The number of hydrogen-bond donors (Lipinski definition) is 1. The molecule has 0 unspecified atom stereocenters. The second-order valence-corrected chi connectivity index (χ2v) is 4.75. The van der Waals surface area contributed by atoms with Crippen molar-refractivity contribution in [3.8, 4) is 0 Å². The van der Waals surface area contributed by atoms with Crippen molar-refractivity contribution in [2.75, 3.05) is 6.54 Å². The fourth-order valence-electron chi connectivity index (χ4n) is 1.36. The molecule has 2 aromatic rings. The molecule has 0 aliphatic heterocycles. The van der Waals surface area contributed by atoms with Gasteiger partial charge < -0.3 is 5.32 Å². The van der Waals surface area contributed by atoms with Crippen molar-refractivity contribution in [1.29, 1.82) is 0 Å². The Hall–Kier alpha value is -1.46. The van der Waals surface area contributed by atoms with Gasteiger partial charge in [-0.15, -0.1) is 0 Å². The van der Waals surface area contributed by atoms with Crippen molar-refractivity contribution >= 4 is 11.8 Å². The molecule has 1 aromatic heterocycles. The highest BCUT2D eigenvalue weighted by Gasteiger charge is 2.01. The summed E-state index contributed by atoms with van der Waals surface area (Å²) in [4.78, 5) is 9.46. The molecule has 1 aromatic carbocycles. The Morgan fingerprint density at radius 1 is 1.17 bits per heavy atom. The van der Waals surface area contributed by atoms with E-state index in [0.717, 1.165) is 23.5 Å². The SMILES string of the molecule is CCNCc1cnc(Sc2ccc(F)cc2)nc1. The summed E-state index contributed by atoms with van der Waals surface area (Å²) in [6.45, 7) is 3.75. The van der Waals surface area contributed by atoms with Crippen molar-refractivity contribution in [1.82, 2.24) is 15.3 Å². The third kappa shape index (κ3) is 3.78. The van der Waals surface area contributed by atoms with E-state index in [9.17, 15) is 4.39 Å². The zero-order chi connectivity index (χ0) is 12.8. The third-order valence-electron chi connectivity index (χ3n) is 2.28. The minimum absolute atomic E-state index is 0.235. The summed E-state index contributed by atoms with van der Waals surface area (Å²) in [5.41, 5.74) is 1.06. The second kappa shape index (κ2) is 6.47. The fourth-order valence-corrected chi connectivity index (χ4v) is 2.06. The standard InChI is InChI=1S/C13H14FN3S/c1-2-15-7-10-8-16-13(17-9-10)18-12-5-3-11(14)4-6-12/h3-6,8-9,15H,2,7H2,1H3. The van der Waals surface area contributed by atoms with Crippen LogP contribution in [0.4, 0.5) is 4.39 Å². The maximum Gasteiger partial charge on any atom is 0.192 e. The molecule has 0 radical (unpaired) electrons. The molecule has 0 saturated carbocycles. The van der Waals surface area contributed by atoms with Crippen LogP contribution in [-0.4, -0.2) is 16.5 Å². The van der Waals surface area contributed by atoms with Crippen LogP contribution in [0.3, 0.4) is 0 Å². The van der Waals surface area contributed by atoms with Crippen LogP contribution < -0.4 is 5.32 Å². The first-order valence-electron chi connectivity index (χ1n) is 5.73. The molecular weight excluding hydrogens is 249 g/mol. The molecule has 0 fully saturated rings. The number of benzene rings is 1. The van der Waals surface area contributed by atoms with Crippen LogP contribution in [0.2, 0.25) is 0 Å². The van der Waals surface area contributed by atoms with Crippen LogP contribution in [0, 0.1) is 5.82 Å². The molecule has 0 spiro atoms. The van der Waals surface area contributed by atoms with Gasteiger partial charge in [-0.3, -0.25) is 0 Å². The molecular formula is C13H14FN3S. The summed E-state index contributed by atoms with van der Waals surface area (Å²) >= 11 is 1.42. The largest absolute Gasteiger partial charge is 0.313 e. The molecule has 0 atom stereocenters. The lowest BCUT2D eigenvalue weighted by atomic mass is 10.3. The van der Waals surface area contributed by atoms with Gasteiger partial charge in [-0.05, 0) is 42.6 Å². The molecule has 0 saturated heterocycles. The van der Waals surface area contributed by atoms with Gasteiger partial charge in [0.25, 0.3) is 0 Å². The summed E-state index contributed by atoms with van der Waals surface area (Å²) in [5, 5.41) is 3.88. The summed E-state index contributed by atoms with van der Waals surface area (Å²) in [7, 11) is 0. The topological polar surface area (TPSA) is 37.8 Å². The second-order valence-electron chi connectivity index (χ2n) is 3.71. The van der Waals surface area contributed by atoms with E-state index in [1.54, 1.807) is 12.1 Å². The molecule has 0 bridgehead atoms. The Bertz CT molecular complexity index is 485. The first-order chi connectivity index (χ1) is 8.78. The lowest BCUT2D eigenvalue weighted by Crippen LogP contribution is -2.12. The van der Waals surface area contributed by atoms with E-state index in [-0.39, 0.29) is 5.82 Å². The first kappa shape index (κ1) is 13.0. The van der Waals surface area contributed by atoms with Crippen molar-refractivity contribution < 1.29 is 4.39 Å². The Kier molecular flexibility index (Phi) is 4.66. The first-order valence-corrected chi connectivity index (χ1v) is 6.54. The van der Waals surface area contributed by atoms with E-state index in [4.69, 9.17) is 0 Å². The van der Waals surface area contributed by atoms with E-state index < -0.39 is 0 Å². The van der Waals surface area contributed by atoms with Gasteiger partial charge in [0.05, 0.1) is 0 Å². The summed E-state index contributed by atoms with van der Waals surface area (Å²) in [6.07, 6.45) is 3.61. The molecule has 2 rings (SSSR count). The summed E-state index contributed by atoms with van der Waals surface area (Å²) < 4.78 is 12.7. The van der Waals surface area contributed by atoms with E-state index in [1.807, 2.05) is 12.4 Å². The summed E-state index contributed by atoms with van der Waals surface area (Å²) in [6, 6.07) is 6.30. The van der Waals surface area contributed by atoms with Crippen LogP contribution >= 0.6 is 11.8 Å². The predicted octanol–water partition coefficient (Wildman–Crippen LogP) is 2.88. The highest BCUT2D eigenvalue weighted by Crippen LogP contribution is 2.24. The molecule has 0 aliphatic carbocycles. The molecule has 5 heteroatoms. The number of hydrogen-bond acceptors (Lipinski definition) is 4. The molecule has 1 N–H and O–H groups in total. The molecule has 0 amide bonds. The minimum Gasteiger partial charge on any atom is -0.313 e. The number of aromatic nitrogens is 2. The smallest absolute Gasteiger partial charge is 0.192 e. The number of halogens is 1. The molecule has 0 aliphatic rings. The monoisotopic (exact) mass is 263 g/mol. The fraction of sp³-hybridized carbons (Fsp3) is 0.231. The average Bonchev–Trinajstić information content (AvgIpc) is 2.41. The van der Waals surface area contributed by atoms with E-state index in [1.165, 1.54) is 23.9 Å². The Labute approximate surface area is 110 Å². The average molecular weight is 263 g/mol. The van der Waals surface area contributed by atoms with E-state index >= 15 is 0 Å². The van der Waals surface area contributed by atoms with Gasteiger partial charge in [-0.2, -0.15) is 0 Å². The van der Waals surface area contributed by atoms with Gasteiger partial charge in [-0.1, -0.05) is 6.92 Å². The minimum atomic E-state index is -0.235. The normalized spacial score (nSPS) is 10.6. The Morgan fingerprint density at radius 2 is 1.83 bits per heavy atom. The zero-order valence-electron chi connectivity index (χ0n) is 10.1. The van der Waals surface area contributed by atoms with Crippen LogP contribution in [0.25, 0.3) is 0 Å². The van der Waals surface area contributed by atoms with Gasteiger partial charge in [-0.25, -0.2) is 14.4 Å². The lowest BCUT2D eigenvalue weighted by molar-refractivity contribution is 0.626. The lowest BCUT2D eigenvalue weighted by Gasteiger charge is -2.03. The van der Waals surface area contributed by atoms with Crippen LogP contribution in [0.5, 0.6) is 0 Å². The van der Waals surface area contributed by atoms with Crippen LogP contribution in [-0.2, 0) is 6.54 Å². The van der Waals surface area contributed by atoms with Crippen molar-refractivity contribution in [2.24, 2.45) is 0 Å². The van der Waals surface area contributed by atoms with Crippen molar-refractivity contribution in [2.45, 2.75) is 23.5 Å². The predicted molar refractivity (Wildman–Crippen MR) is 69.9 cm³/mol. The van der Waals surface area contributed by atoms with Crippen molar-refractivity contribution in [3.05, 3.63) is 48.0 Å². The highest BCUT2D eigenvalue weighted by molar-refractivity contribution is 7.99. The molecule has 3 nitrogen and oxygen atoms in total. The highest BCUT2D eigenvalue weighted by atomic mass is 32.2. The maximum atomic E-state index is 12.7. The van der Waals surface area contributed by atoms with Gasteiger partial charge >= 0.3 is 0 Å². The van der Waals surface area contributed by atoms with Crippen molar-refractivity contribution in [3.63, 3.8) is 0 Å². The van der Waals surface area contributed by atoms with Crippen LogP contribution in [0.15, 0.2) is 46.7 Å². The number of nitrogens with zero attached hydrogens (tertiary/aromatic N) is 2. The Morgan fingerprint density at radius 3 is 2.44 bits per heavy atom. The quantitative estimate of drug-likeness (QED) is 0.842. The molecule has 1 heterocycles. The van der Waals surface area contributed by atoms with Gasteiger partial charge in [0.1, 0.15) is 5.82 Å². The zero-order valence-corrected chi connectivity index (χ0v) is 10.9. The Balaban J connectivity index is 1.99.